The average molecular weight is 219 g/mol. The summed E-state index contributed by atoms with van der Waals surface area (Å²) < 4.78 is 0. The summed E-state index contributed by atoms with van der Waals surface area (Å²) in [6.45, 7) is 4.31. The van der Waals surface area contributed by atoms with Crippen LogP contribution in [0.3, 0.4) is 0 Å². The largest absolute Gasteiger partial charge is 0.325 e. The second-order valence-corrected chi connectivity index (χ2v) is 4.31. The van der Waals surface area contributed by atoms with Crippen LogP contribution in [0.2, 0.25) is 0 Å². The lowest BCUT2D eigenvalue weighted by atomic mass is 10.2. The molecule has 0 aromatic heterocycles. The fraction of sp³-hybridized carbons (Fsp3) is 0.462. The smallest absolute Gasteiger partial charge is 0.282 e. The number of likely N-dealkylation sites (N-methyl/N-ethyl adjacent to an activating group) is 1. The Bertz CT molecular complexity index is 350. The average Bonchev–Trinajstić information content (AvgIpc) is 2.78. The van der Waals surface area contributed by atoms with Crippen molar-refractivity contribution >= 4 is 11.6 Å². The first-order chi connectivity index (χ1) is 7.81. The topological polar surface area (TPSA) is 33.5 Å². The van der Waals surface area contributed by atoms with Gasteiger partial charge in [0, 0.05) is 18.5 Å². The van der Waals surface area contributed by atoms with Crippen LogP contribution in [0.15, 0.2) is 30.3 Å². The third-order valence-corrected chi connectivity index (χ3v) is 3.30. The van der Waals surface area contributed by atoms with Crippen molar-refractivity contribution in [1.29, 1.82) is 0 Å². The highest BCUT2D eigenvalue weighted by molar-refractivity contribution is 5.93. The van der Waals surface area contributed by atoms with Crippen molar-refractivity contribution in [3.63, 3.8) is 0 Å². The number of benzene rings is 1. The second-order valence-electron chi connectivity index (χ2n) is 4.31. The molecule has 2 atom stereocenters. The maximum Gasteiger partial charge on any atom is 0.282 e. The Morgan fingerprint density at radius 2 is 2.19 bits per heavy atom. The molecule has 1 aromatic carbocycles. The van der Waals surface area contributed by atoms with Crippen LogP contribution in [0, 0.1) is 0 Å². The lowest BCUT2D eigenvalue weighted by Gasteiger charge is -2.18. The number of para-hydroxylation sites is 1. The summed E-state index contributed by atoms with van der Waals surface area (Å²) in [5, 5.41) is 2.99. The molecule has 1 aliphatic rings. The molecule has 2 N–H and O–H groups in total. The number of carbonyl (C=O) groups is 1. The van der Waals surface area contributed by atoms with E-state index >= 15 is 0 Å². The highest BCUT2D eigenvalue weighted by Gasteiger charge is 2.33. The van der Waals surface area contributed by atoms with Gasteiger partial charge in [0.1, 0.15) is 0 Å². The molecule has 0 aliphatic carbocycles. The van der Waals surface area contributed by atoms with E-state index in [9.17, 15) is 4.79 Å². The Morgan fingerprint density at radius 3 is 2.88 bits per heavy atom. The highest BCUT2D eigenvalue weighted by atomic mass is 16.2. The number of rotatable bonds is 3. The third-order valence-electron chi connectivity index (χ3n) is 3.30. The van der Waals surface area contributed by atoms with Crippen LogP contribution >= 0.6 is 0 Å². The van der Waals surface area contributed by atoms with Gasteiger partial charge in [-0.2, -0.15) is 0 Å². The van der Waals surface area contributed by atoms with Crippen molar-refractivity contribution in [2.24, 2.45) is 0 Å². The first kappa shape index (κ1) is 11.1. The van der Waals surface area contributed by atoms with Gasteiger partial charge in [-0.15, -0.1) is 0 Å². The van der Waals surface area contributed by atoms with Crippen molar-refractivity contribution in [3.8, 4) is 0 Å². The molecule has 2 rings (SSSR count). The Morgan fingerprint density at radius 1 is 1.44 bits per heavy atom. The van der Waals surface area contributed by atoms with Gasteiger partial charge < -0.3 is 10.2 Å². The second kappa shape index (κ2) is 5.12. The number of carbonyl (C=O) groups excluding carboxylic acids is 1. The van der Waals surface area contributed by atoms with Crippen molar-refractivity contribution in [1.82, 2.24) is 0 Å². The maximum absolute atomic E-state index is 12.1. The van der Waals surface area contributed by atoms with Crippen LogP contribution in [0.25, 0.3) is 0 Å². The van der Waals surface area contributed by atoms with Gasteiger partial charge in [-0.1, -0.05) is 18.2 Å². The van der Waals surface area contributed by atoms with Gasteiger partial charge in [0.15, 0.2) is 6.04 Å². The molecule has 2 unspecified atom stereocenters. The summed E-state index contributed by atoms with van der Waals surface area (Å²) in [6.07, 6.45) is 2.18. The molecule has 3 nitrogen and oxygen atoms in total. The third kappa shape index (κ3) is 2.42. The van der Waals surface area contributed by atoms with Crippen molar-refractivity contribution in [3.05, 3.63) is 30.3 Å². The van der Waals surface area contributed by atoms with Crippen LogP contribution in [0.5, 0.6) is 0 Å². The Labute approximate surface area is 96.5 Å². The molecule has 0 spiro atoms. The van der Waals surface area contributed by atoms with Crippen LogP contribution < -0.4 is 10.2 Å². The van der Waals surface area contributed by atoms with Crippen molar-refractivity contribution < 1.29 is 9.69 Å². The number of nitrogens with one attached hydrogen (secondary N) is 2. The lowest BCUT2D eigenvalue weighted by molar-refractivity contribution is -0.901. The van der Waals surface area contributed by atoms with Gasteiger partial charge >= 0.3 is 0 Å². The first-order valence-corrected chi connectivity index (χ1v) is 6.01. The predicted molar refractivity (Wildman–Crippen MR) is 64.5 cm³/mol. The lowest BCUT2D eigenvalue weighted by Crippen LogP contribution is -3.14. The summed E-state index contributed by atoms with van der Waals surface area (Å²) in [5.74, 6) is 0.167. The van der Waals surface area contributed by atoms with E-state index in [4.69, 9.17) is 0 Å². The summed E-state index contributed by atoms with van der Waals surface area (Å²) in [4.78, 5) is 13.5. The van der Waals surface area contributed by atoms with Gasteiger partial charge in [-0.05, 0) is 19.1 Å². The monoisotopic (exact) mass is 219 g/mol. The summed E-state index contributed by atoms with van der Waals surface area (Å²) in [6, 6.07) is 9.83. The van der Waals surface area contributed by atoms with E-state index in [1.165, 1.54) is 4.90 Å². The van der Waals surface area contributed by atoms with Crippen LogP contribution in [-0.2, 0) is 4.79 Å². The van der Waals surface area contributed by atoms with E-state index in [1.807, 2.05) is 30.3 Å². The minimum absolute atomic E-state index is 0.144. The zero-order valence-electron chi connectivity index (χ0n) is 9.70. The van der Waals surface area contributed by atoms with E-state index in [2.05, 4.69) is 12.2 Å². The van der Waals surface area contributed by atoms with Gasteiger partial charge in [-0.25, -0.2) is 0 Å². The van der Waals surface area contributed by atoms with E-state index < -0.39 is 0 Å². The van der Waals surface area contributed by atoms with Crippen LogP contribution in [0.4, 0.5) is 5.69 Å². The maximum atomic E-state index is 12.1. The SMILES string of the molecule is CC[NH+]1CCCC1C(=O)Nc1ccccc1. The minimum Gasteiger partial charge on any atom is -0.325 e. The van der Waals surface area contributed by atoms with E-state index in [0.29, 0.717) is 0 Å². The number of likely N-dealkylation sites (tertiary alicyclic amines) is 1. The molecule has 16 heavy (non-hydrogen) atoms. The molecule has 1 aliphatic heterocycles. The predicted octanol–water partition coefficient (Wildman–Crippen LogP) is 0.692. The number of quaternary nitrogens is 1. The van der Waals surface area contributed by atoms with Crippen molar-refractivity contribution in [2.45, 2.75) is 25.8 Å². The molecule has 86 valence electrons. The molecular formula is C13H19N2O+. The minimum atomic E-state index is 0.144. The Balaban J connectivity index is 1.98. The van der Waals surface area contributed by atoms with Crippen molar-refractivity contribution in [2.75, 3.05) is 18.4 Å². The van der Waals surface area contributed by atoms with Gasteiger partial charge in [0.05, 0.1) is 13.1 Å². The summed E-state index contributed by atoms with van der Waals surface area (Å²) in [7, 11) is 0. The number of hydrogen-bond acceptors (Lipinski definition) is 1. The molecule has 1 heterocycles. The molecule has 1 amide bonds. The number of amides is 1. The van der Waals surface area contributed by atoms with Gasteiger partial charge in [0.2, 0.25) is 0 Å². The van der Waals surface area contributed by atoms with Crippen LogP contribution in [-0.4, -0.2) is 25.0 Å². The Hall–Kier alpha value is -1.35. The van der Waals surface area contributed by atoms with Gasteiger partial charge in [-0.3, -0.25) is 4.79 Å². The van der Waals surface area contributed by atoms with Crippen LogP contribution in [0.1, 0.15) is 19.8 Å². The highest BCUT2D eigenvalue weighted by Crippen LogP contribution is 2.08. The first-order valence-electron chi connectivity index (χ1n) is 6.01. The fourth-order valence-corrected chi connectivity index (χ4v) is 2.40. The molecule has 1 aromatic rings. The molecule has 0 radical (unpaired) electrons. The molecule has 3 heteroatoms. The standard InChI is InChI=1S/C13H18N2O/c1-2-15-10-6-9-12(15)13(16)14-11-7-4-3-5-8-11/h3-5,7-8,12H,2,6,9-10H2,1H3,(H,14,16)/p+1. The summed E-state index contributed by atoms with van der Waals surface area (Å²) >= 11 is 0. The zero-order chi connectivity index (χ0) is 11.4. The van der Waals surface area contributed by atoms with Gasteiger partial charge in [0.25, 0.3) is 5.91 Å². The van der Waals surface area contributed by atoms with E-state index in [1.54, 1.807) is 0 Å². The molecule has 1 fully saturated rings. The number of hydrogen-bond donors (Lipinski definition) is 2. The van der Waals surface area contributed by atoms with E-state index in [0.717, 1.165) is 31.6 Å². The quantitative estimate of drug-likeness (QED) is 0.770. The zero-order valence-corrected chi connectivity index (χ0v) is 9.70. The fourth-order valence-electron chi connectivity index (χ4n) is 2.40. The molecular weight excluding hydrogens is 200 g/mol. The molecule has 0 saturated carbocycles. The Kier molecular flexibility index (Phi) is 3.57. The molecule has 1 saturated heterocycles. The normalized spacial score (nSPS) is 24.3. The number of anilines is 1. The summed E-state index contributed by atoms with van der Waals surface area (Å²) in [5.41, 5.74) is 0.898. The molecule has 0 bridgehead atoms. The van der Waals surface area contributed by atoms with E-state index in [-0.39, 0.29) is 11.9 Å².